The predicted molar refractivity (Wildman–Crippen MR) is 118 cm³/mol. The third-order valence-electron chi connectivity index (χ3n) is 6.89. The van der Waals surface area contributed by atoms with Gasteiger partial charge in [-0.2, -0.15) is 0 Å². The second-order valence-corrected chi connectivity index (χ2v) is 9.07. The number of hydrogen-bond acceptors (Lipinski definition) is 6. The Morgan fingerprint density at radius 1 is 1.16 bits per heavy atom. The van der Waals surface area contributed by atoms with E-state index >= 15 is 0 Å². The summed E-state index contributed by atoms with van der Waals surface area (Å²) in [7, 11) is 4.73. The van der Waals surface area contributed by atoms with Gasteiger partial charge in [0.2, 0.25) is 5.91 Å². The van der Waals surface area contributed by atoms with Crippen molar-refractivity contribution in [3.8, 4) is 11.5 Å². The summed E-state index contributed by atoms with van der Waals surface area (Å²) < 4.78 is 15.9. The highest BCUT2D eigenvalue weighted by molar-refractivity contribution is 5.89. The zero-order chi connectivity index (χ0) is 22.6. The molecular formula is C24H36N2O5. The summed E-state index contributed by atoms with van der Waals surface area (Å²) >= 11 is 0. The minimum atomic E-state index is -0.431. The molecule has 3 rings (SSSR count). The molecule has 172 valence electrons. The number of rotatable bonds is 8. The van der Waals surface area contributed by atoms with E-state index in [1.807, 2.05) is 23.1 Å². The summed E-state index contributed by atoms with van der Waals surface area (Å²) in [5, 5.41) is 0. The van der Waals surface area contributed by atoms with Crippen LogP contribution in [0.5, 0.6) is 11.5 Å². The molecule has 1 spiro atoms. The summed E-state index contributed by atoms with van der Waals surface area (Å²) in [5.74, 6) is 1.53. The van der Waals surface area contributed by atoms with Crippen molar-refractivity contribution in [1.82, 2.24) is 9.80 Å². The molecule has 1 atom stereocenters. The summed E-state index contributed by atoms with van der Waals surface area (Å²) in [4.78, 5) is 29.8. The molecule has 7 heteroatoms. The van der Waals surface area contributed by atoms with Crippen molar-refractivity contribution in [3.63, 3.8) is 0 Å². The lowest BCUT2D eigenvalue weighted by atomic mass is 9.76. The minimum absolute atomic E-state index is 0.0846. The molecule has 31 heavy (non-hydrogen) atoms. The number of esters is 1. The maximum absolute atomic E-state index is 12.9. The number of nitrogens with zero attached hydrogens (tertiary/aromatic N) is 2. The molecule has 0 bridgehead atoms. The van der Waals surface area contributed by atoms with E-state index in [1.54, 1.807) is 14.2 Å². The lowest BCUT2D eigenvalue weighted by molar-refractivity contribution is -0.150. The molecule has 7 nitrogen and oxygen atoms in total. The lowest BCUT2D eigenvalue weighted by Gasteiger charge is -2.47. The molecule has 1 aromatic rings. The Kier molecular flexibility index (Phi) is 7.46. The van der Waals surface area contributed by atoms with E-state index in [4.69, 9.17) is 14.2 Å². The van der Waals surface area contributed by atoms with Crippen molar-refractivity contribution < 1.29 is 23.8 Å². The van der Waals surface area contributed by atoms with E-state index in [1.165, 1.54) is 7.11 Å². The lowest BCUT2D eigenvalue weighted by Crippen LogP contribution is -2.57. The van der Waals surface area contributed by atoms with Crippen molar-refractivity contribution in [2.45, 2.75) is 51.6 Å². The molecule has 0 radical (unpaired) electrons. The Morgan fingerprint density at radius 3 is 2.45 bits per heavy atom. The first-order valence-electron chi connectivity index (χ1n) is 11.2. The molecule has 2 saturated heterocycles. The van der Waals surface area contributed by atoms with Crippen LogP contribution >= 0.6 is 0 Å². The van der Waals surface area contributed by atoms with E-state index in [9.17, 15) is 9.59 Å². The van der Waals surface area contributed by atoms with Gasteiger partial charge in [0, 0.05) is 44.2 Å². The molecular weight excluding hydrogens is 396 g/mol. The van der Waals surface area contributed by atoms with Gasteiger partial charge in [-0.1, -0.05) is 19.9 Å². The van der Waals surface area contributed by atoms with Crippen LogP contribution in [0.3, 0.4) is 0 Å². The zero-order valence-electron chi connectivity index (χ0n) is 19.5. The van der Waals surface area contributed by atoms with Gasteiger partial charge in [-0.15, -0.1) is 0 Å². The second kappa shape index (κ2) is 9.90. The maximum atomic E-state index is 12.9. The topological polar surface area (TPSA) is 68.3 Å². The predicted octanol–water partition coefficient (Wildman–Crippen LogP) is 3.11. The van der Waals surface area contributed by atoms with Crippen molar-refractivity contribution in [2.24, 2.45) is 11.8 Å². The van der Waals surface area contributed by atoms with Crippen LogP contribution in [-0.2, 0) is 20.9 Å². The van der Waals surface area contributed by atoms with Crippen LogP contribution in [0.1, 0.15) is 45.1 Å². The van der Waals surface area contributed by atoms with Gasteiger partial charge in [0.05, 0.1) is 32.8 Å². The van der Waals surface area contributed by atoms with Gasteiger partial charge < -0.3 is 19.1 Å². The molecule has 1 unspecified atom stereocenters. The van der Waals surface area contributed by atoms with Crippen LogP contribution in [0.4, 0.5) is 0 Å². The molecule has 1 amide bonds. The third kappa shape index (κ3) is 4.81. The summed E-state index contributed by atoms with van der Waals surface area (Å²) in [6.07, 6.45) is 2.75. The van der Waals surface area contributed by atoms with Gasteiger partial charge in [0.15, 0.2) is 0 Å². The molecule has 0 N–H and O–H groups in total. The summed E-state index contributed by atoms with van der Waals surface area (Å²) in [6.45, 7) is 7.41. The monoisotopic (exact) mass is 432 g/mol. The fourth-order valence-electron chi connectivity index (χ4n) is 5.03. The van der Waals surface area contributed by atoms with Gasteiger partial charge in [-0.3, -0.25) is 14.5 Å². The third-order valence-corrected chi connectivity index (χ3v) is 6.89. The fourth-order valence-corrected chi connectivity index (χ4v) is 5.03. The van der Waals surface area contributed by atoms with Gasteiger partial charge in [0.25, 0.3) is 0 Å². The molecule has 2 fully saturated rings. The first-order valence-corrected chi connectivity index (χ1v) is 11.2. The summed E-state index contributed by atoms with van der Waals surface area (Å²) in [5.41, 5.74) is 0.669. The molecule has 0 saturated carbocycles. The summed E-state index contributed by atoms with van der Waals surface area (Å²) in [6, 6.07) is 5.88. The normalized spacial score (nSPS) is 21.0. The molecule has 2 aliphatic heterocycles. The SMILES string of the molecule is COC(=O)C1CC(=O)N(CCC(C)C)C12CCN(Cc1ccc(OC)cc1OC)CC2. The minimum Gasteiger partial charge on any atom is -0.497 e. The van der Waals surface area contributed by atoms with E-state index in [2.05, 4.69) is 18.7 Å². The number of carbonyl (C=O) groups excluding carboxylic acids is 2. The first kappa shape index (κ1) is 23.4. The van der Waals surface area contributed by atoms with Crippen LogP contribution in [0, 0.1) is 11.8 Å². The second-order valence-electron chi connectivity index (χ2n) is 9.07. The molecule has 0 aliphatic carbocycles. The van der Waals surface area contributed by atoms with Crippen LogP contribution in [0.25, 0.3) is 0 Å². The maximum Gasteiger partial charge on any atom is 0.311 e. The highest BCUT2D eigenvalue weighted by Crippen LogP contribution is 2.45. The average Bonchev–Trinajstić information content (AvgIpc) is 3.04. The van der Waals surface area contributed by atoms with Gasteiger partial charge in [0.1, 0.15) is 11.5 Å². The Bertz CT molecular complexity index is 786. The largest absolute Gasteiger partial charge is 0.497 e. The highest BCUT2D eigenvalue weighted by Gasteiger charge is 2.56. The van der Waals surface area contributed by atoms with E-state index in [-0.39, 0.29) is 24.2 Å². The molecule has 1 aromatic carbocycles. The van der Waals surface area contributed by atoms with Crippen LogP contribution in [-0.4, -0.2) is 68.2 Å². The quantitative estimate of drug-likeness (QED) is 0.588. The smallest absolute Gasteiger partial charge is 0.311 e. The van der Waals surface area contributed by atoms with Gasteiger partial charge in [-0.25, -0.2) is 0 Å². The fraction of sp³-hybridized carbons (Fsp3) is 0.667. The van der Waals surface area contributed by atoms with Crippen LogP contribution < -0.4 is 9.47 Å². The Balaban J connectivity index is 1.75. The standard InChI is InChI=1S/C24H36N2O5/c1-17(2)8-11-26-22(27)15-20(23(28)31-5)24(26)9-12-25(13-10-24)16-18-6-7-19(29-3)14-21(18)30-4/h6-7,14,17,20H,8-13,15-16H2,1-5H3. The number of benzene rings is 1. The number of carbonyl (C=O) groups is 2. The Morgan fingerprint density at radius 2 is 1.87 bits per heavy atom. The van der Waals surface area contributed by atoms with E-state index in [0.717, 1.165) is 56.0 Å². The number of hydrogen-bond donors (Lipinski definition) is 0. The van der Waals surface area contributed by atoms with Gasteiger partial charge in [-0.05, 0) is 31.2 Å². The van der Waals surface area contributed by atoms with Crippen molar-refractivity contribution in [2.75, 3.05) is 41.0 Å². The number of ether oxygens (including phenoxy) is 3. The van der Waals surface area contributed by atoms with Crippen molar-refractivity contribution >= 4 is 11.9 Å². The molecule has 2 aliphatic rings. The van der Waals surface area contributed by atoms with E-state index < -0.39 is 5.54 Å². The van der Waals surface area contributed by atoms with Crippen molar-refractivity contribution in [1.29, 1.82) is 0 Å². The first-order chi connectivity index (χ1) is 14.8. The van der Waals surface area contributed by atoms with E-state index in [0.29, 0.717) is 12.5 Å². The average molecular weight is 433 g/mol. The van der Waals surface area contributed by atoms with Crippen LogP contribution in [0.15, 0.2) is 18.2 Å². The number of likely N-dealkylation sites (tertiary alicyclic amines) is 2. The molecule has 2 heterocycles. The highest BCUT2D eigenvalue weighted by atomic mass is 16.5. The Hall–Kier alpha value is -2.28. The van der Waals surface area contributed by atoms with Crippen molar-refractivity contribution in [3.05, 3.63) is 23.8 Å². The number of amides is 1. The number of methoxy groups -OCH3 is 3. The van der Waals surface area contributed by atoms with Crippen LogP contribution in [0.2, 0.25) is 0 Å². The molecule has 0 aromatic heterocycles. The van der Waals surface area contributed by atoms with Gasteiger partial charge >= 0.3 is 5.97 Å². The zero-order valence-corrected chi connectivity index (χ0v) is 19.5. The number of piperidine rings is 1. The Labute approximate surface area is 185 Å².